The highest BCUT2D eigenvalue weighted by Crippen LogP contribution is 1.92. The maximum atomic E-state index is 11.5. The number of hydrogen-bond donors (Lipinski definition) is 2. The monoisotopic (exact) mass is 402 g/mol. The van der Waals surface area contributed by atoms with Gasteiger partial charge in [0.15, 0.2) is 0 Å². The van der Waals surface area contributed by atoms with Crippen molar-refractivity contribution in [3.05, 3.63) is 12.2 Å². The summed E-state index contributed by atoms with van der Waals surface area (Å²) in [5.74, 6) is -3.01. The van der Waals surface area contributed by atoms with Crippen molar-refractivity contribution >= 4 is 29.7 Å². The molecular weight excluding hydrogens is 376 g/mol. The van der Waals surface area contributed by atoms with Crippen molar-refractivity contribution in [3.63, 3.8) is 0 Å². The Hall–Kier alpha value is -2.95. The molecule has 0 unspecified atom stereocenters. The van der Waals surface area contributed by atoms with Gasteiger partial charge in [0.05, 0.1) is 20.3 Å². The molecule has 0 saturated carbocycles. The van der Waals surface area contributed by atoms with E-state index < -0.39 is 42.6 Å². The molecule has 28 heavy (non-hydrogen) atoms. The number of carbonyl (C=O) groups is 5. The fraction of sp³-hybridized carbons (Fsp3) is 0.588. The van der Waals surface area contributed by atoms with E-state index in [2.05, 4.69) is 21.9 Å². The Morgan fingerprint density at radius 2 is 1.29 bits per heavy atom. The first-order valence-electron chi connectivity index (χ1n) is 8.42. The first-order valence-corrected chi connectivity index (χ1v) is 8.42. The van der Waals surface area contributed by atoms with Crippen LogP contribution in [0.1, 0.15) is 19.8 Å². The van der Waals surface area contributed by atoms with Crippen LogP contribution in [-0.4, -0.2) is 76.3 Å². The molecule has 11 heteroatoms. The van der Waals surface area contributed by atoms with Crippen LogP contribution < -0.4 is 10.6 Å². The summed E-state index contributed by atoms with van der Waals surface area (Å²) in [4.78, 5) is 56.2. The van der Waals surface area contributed by atoms with Crippen LogP contribution in [-0.2, 0) is 42.9 Å². The van der Waals surface area contributed by atoms with Gasteiger partial charge in [0.1, 0.15) is 26.1 Å². The lowest BCUT2D eigenvalue weighted by atomic mass is 10.4. The molecule has 0 bridgehead atoms. The minimum atomic E-state index is -0.732. The smallest absolute Gasteiger partial charge is 0.333 e. The van der Waals surface area contributed by atoms with E-state index in [1.165, 1.54) is 14.0 Å². The fourth-order valence-corrected chi connectivity index (χ4v) is 1.55. The Balaban J connectivity index is 3.62. The van der Waals surface area contributed by atoms with Crippen LogP contribution in [0.3, 0.4) is 0 Å². The molecule has 0 rings (SSSR count). The SMILES string of the molecule is C=C(C)C(=O)OCCOCCOC(=O)CC(=O)NCCNC(=O)CC(=O)OC. The molecule has 0 aliphatic rings. The standard InChI is InChI=1S/C17H26N2O9/c1-12(2)17(24)28-9-7-26-6-8-27-16(23)11-14(21)19-5-4-18-13(20)10-15(22)25-3/h1,4-11H2,2-3H3,(H,18,20)(H,19,21). The van der Waals surface area contributed by atoms with E-state index in [-0.39, 0.29) is 45.1 Å². The van der Waals surface area contributed by atoms with E-state index in [0.717, 1.165) is 0 Å². The molecule has 0 aliphatic heterocycles. The first kappa shape index (κ1) is 25.1. The molecule has 0 fully saturated rings. The van der Waals surface area contributed by atoms with Crippen molar-refractivity contribution in [2.24, 2.45) is 0 Å². The number of methoxy groups -OCH3 is 1. The van der Waals surface area contributed by atoms with Crippen molar-refractivity contribution in [1.82, 2.24) is 10.6 Å². The molecule has 0 spiro atoms. The van der Waals surface area contributed by atoms with Gasteiger partial charge in [-0.1, -0.05) is 6.58 Å². The predicted molar refractivity (Wildman–Crippen MR) is 94.8 cm³/mol. The number of esters is 3. The summed E-state index contributed by atoms with van der Waals surface area (Å²) in [6, 6.07) is 0. The first-order chi connectivity index (χ1) is 13.3. The number of rotatable bonds is 14. The zero-order valence-electron chi connectivity index (χ0n) is 16.0. The number of hydrogen-bond acceptors (Lipinski definition) is 9. The van der Waals surface area contributed by atoms with E-state index in [0.29, 0.717) is 0 Å². The van der Waals surface area contributed by atoms with E-state index >= 15 is 0 Å². The van der Waals surface area contributed by atoms with Crippen LogP contribution >= 0.6 is 0 Å². The highest BCUT2D eigenvalue weighted by atomic mass is 16.6. The molecule has 0 aromatic rings. The van der Waals surface area contributed by atoms with Gasteiger partial charge in [0, 0.05) is 18.7 Å². The van der Waals surface area contributed by atoms with Crippen LogP contribution in [0.15, 0.2) is 12.2 Å². The zero-order chi connectivity index (χ0) is 21.4. The van der Waals surface area contributed by atoms with Gasteiger partial charge in [-0.15, -0.1) is 0 Å². The Kier molecular flexibility index (Phi) is 13.5. The van der Waals surface area contributed by atoms with Crippen molar-refractivity contribution in [2.45, 2.75) is 19.8 Å². The summed E-state index contributed by atoms with van der Waals surface area (Å²) in [7, 11) is 1.17. The second-order valence-corrected chi connectivity index (χ2v) is 5.38. The number of amides is 2. The quantitative estimate of drug-likeness (QED) is 0.121. The minimum Gasteiger partial charge on any atom is -0.469 e. The lowest BCUT2D eigenvalue weighted by Gasteiger charge is -2.08. The minimum absolute atomic E-state index is 0.0515. The van der Waals surface area contributed by atoms with Crippen LogP contribution in [0.25, 0.3) is 0 Å². The highest BCUT2D eigenvalue weighted by molar-refractivity contribution is 5.95. The summed E-state index contributed by atoms with van der Waals surface area (Å²) >= 11 is 0. The Labute approximate surface area is 162 Å². The van der Waals surface area contributed by atoms with Gasteiger partial charge in [-0.3, -0.25) is 19.2 Å². The largest absolute Gasteiger partial charge is 0.469 e. The van der Waals surface area contributed by atoms with E-state index in [4.69, 9.17) is 14.2 Å². The van der Waals surface area contributed by atoms with E-state index in [9.17, 15) is 24.0 Å². The molecule has 2 N–H and O–H groups in total. The molecule has 0 heterocycles. The second kappa shape index (κ2) is 15.1. The third kappa shape index (κ3) is 14.2. The molecule has 0 aromatic carbocycles. The maximum Gasteiger partial charge on any atom is 0.333 e. The number of nitrogens with one attached hydrogen (secondary N) is 2. The van der Waals surface area contributed by atoms with Gasteiger partial charge in [-0.05, 0) is 6.92 Å². The number of carbonyl (C=O) groups excluding carboxylic acids is 5. The maximum absolute atomic E-state index is 11.5. The average molecular weight is 402 g/mol. The van der Waals surface area contributed by atoms with Crippen molar-refractivity contribution in [2.75, 3.05) is 46.6 Å². The lowest BCUT2D eigenvalue weighted by molar-refractivity contribution is -0.148. The topological polar surface area (TPSA) is 146 Å². The predicted octanol–water partition coefficient (Wildman–Crippen LogP) is -1.15. The lowest BCUT2D eigenvalue weighted by Crippen LogP contribution is -2.36. The van der Waals surface area contributed by atoms with Gasteiger partial charge in [-0.25, -0.2) is 4.79 Å². The summed E-state index contributed by atoms with van der Waals surface area (Å²) in [5, 5.41) is 4.82. The normalized spacial score (nSPS) is 9.79. The third-order valence-corrected chi connectivity index (χ3v) is 2.91. The van der Waals surface area contributed by atoms with Crippen LogP contribution in [0, 0.1) is 0 Å². The van der Waals surface area contributed by atoms with E-state index in [1.54, 1.807) is 0 Å². The third-order valence-electron chi connectivity index (χ3n) is 2.91. The summed E-state index contributed by atoms with van der Waals surface area (Å²) < 4.78 is 19.0. The molecule has 0 aromatic heterocycles. The van der Waals surface area contributed by atoms with Gasteiger partial charge in [0.2, 0.25) is 11.8 Å². The van der Waals surface area contributed by atoms with E-state index in [1.807, 2.05) is 0 Å². The summed E-state index contributed by atoms with van der Waals surface area (Å²) in [6.45, 7) is 5.37. The summed E-state index contributed by atoms with van der Waals surface area (Å²) in [5.41, 5.74) is 0.288. The molecule has 2 amide bonds. The van der Waals surface area contributed by atoms with Crippen LogP contribution in [0.5, 0.6) is 0 Å². The Morgan fingerprint density at radius 3 is 1.79 bits per heavy atom. The fourth-order valence-electron chi connectivity index (χ4n) is 1.55. The molecule has 0 atom stereocenters. The van der Waals surface area contributed by atoms with Crippen molar-refractivity contribution in [1.29, 1.82) is 0 Å². The van der Waals surface area contributed by atoms with Crippen molar-refractivity contribution in [3.8, 4) is 0 Å². The second-order valence-electron chi connectivity index (χ2n) is 5.38. The number of ether oxygens (including phenoxy) is 4. The van der Waals surface area contributed by atoms with Crippen molar-refractivity contribution < 1.29 is 42.9 Å². The molecule has 0 radical (unpaired) electrons. The summed E-state index contributed by atoms with van der Waals surface area (Å²) in [6.07, 6.45) is -0.887. The average Bonchev–Trinajstić information content (AvgIpc) is 2.63. The Morgan fingerprint density at radius 1 is 0.786 bits per heavy atom. The molecule has 158 valence electrons. The highest BCUT2D eigenvalue weighted by Gasteiger charge is 2.11. The van der Waals surface area contributed by atoms with Gasteiger partial charge >= 0.3 is 17.9 Å². The van der Waals surface area contributed by atoms with Crippen LogP contribution in [0.4, 0.5) is 0 Å². The zero-order valence-corrected chi connectivity index (χ0v) is 16.0. The molecule has 0 saturated heterocycles. The molecular formula is C17H26N2O9. The van der Waals surface area contributed by atoms with Crippen LogP contribution in [0.2, 0.25) is 0 Å². The molecule has 11 nitrogen and oxygen atoms in total. The van der Waals surface area contributed by atoms with Gasteiger partial charge < -0.3 is 29.6 Å². The van der Waals surface area contributed by atoms with Gasteiger partial charge in [-0.2, -0.15) is 0 Å². The molecule has 0 aliphatic carbocycles. The Bertz CT molecular complexity index is 575. The van der Waals surface area contributed by atoms with Gasteiger partial charge in [0.25, 0.3) is 0 Å².